The highest BCUT2D eigenvalue weighted by atomic mass is 32.1. The molecule has 0 radical (unpaired) electrons. The Morgan fingerprint density at radius 3 is 2.46 bits per heavy atom. The van der Waals surface area contributed by atoms with E-state index in [1.54, 1.807) is 14.0 Å². The summed E-state index contributed by atoms with van der Waals surface area (Å²) in [4.78, 5) is 24.7. The number of thiophene rings is 1. The smallest absolute Gasteiger partial charge is 0.308 e. The van der Waals surface area contributed by atoms with E-state index in [9.17, 15) is 9.59 Å². The van der Waals surface area contributed by atoms with E-state index in [-0.39, 0.29) is 18.2 Å². The number of Topliss-reactive ketones (excluding diaryl/α,β-unsaturated/α-hetero) is 1. The van der Waals surface area contributed by atoms with E-state index in [1.165, 1.54) is 18.4 Å². The molecule has 146 valence electrons. The van der Waals surface area contributed by atoms with Crippen molar-refractivity contribution >= 4 is 33.2 Å². The molecule has 0 fully saturated rings. The fraction of sp³-hybridized carbons (Fsp3) is 0.273. The molecule has 0 spiro atoms. The van der Waals surface area contributed by atoms with Crippen LogP contribution in [0.1, 0.15) is 28.6 Å². The molecule has 0 aliphatic carbocycles. The molecule has 0 N–H and O–H groups in total. The van der Waals surface area contributed by atoms with Crippen molar-refractivity contribution in [3.8, 4) is 11.5 Å². The number of ether oxygens (including phenoxy) is 3. The third kappa shape index (κ3) is 4.51. The molecule has 0 aliphatic rings. The maximum atomic E-state index is 12.5. The minimum Gasteiger partial charge on any atom is -0.493 e. The average molecular weight is 398 g/mol. The summed E-state index contributed by atoms with van der Waals surface area (Å²) in [5.74, 6) is 0.311. The number of carbonyl (C=O) groups is 2. The third-order valence-corrected chi connectivity index (χ3v) is 5.55. The largest absolute Gasteiger partial charge is 0.493 e. The molecule has 6 heteroatoms. The minimum atomic E-state index is -0.470. The molecule has 3 aromatic rings. The van der Waals surface area contributed by atoms with E-state index in [0.29, 0.717) is 23.0 Å². The molecule has 1 heterocycles. The zero-order valence-corrected chi connectivity index (χ0v) is 16.9. The second-order valence-electron chi connectivity index (χ2n) is 6.48. The summed E-state index contributed by atoms with van der Waals surface area (Å²) in [5.41, 5.74) is 1.06. The van der Waals surface area contributed by atoms with Crippen LogP contribution in [0.5, 0.6) is 11.5 Å². The lowest BCUT2D eigenvalue weighted by Gasteiger charge is -2.11. The molecule has 3 rings (SSSR count). The molecule has 0 aliphatic heterocycles. The van der Waals surface area contributed by atoms with Gasteiger partial charge in [0.2, 0.25) is 0 Å². The van der Waals surface area contributed by atoms with Crippen LogP contribution >= 0.6 is 11.3 Å². The topological polar surface area (TPSA) is 61.8 Å². The normalized spacial score (nSPS) is 11.8. The molecule has 0 saturated carbocycles. The first-order valence-electron chi connectivity index (χ1n) is 8.91. The average Bonchev–Trinajstić information content (AvgIpc) is 3.14. The number of esters is 1. The zero-order valence-electron chi connectivity index (χ0n) is 16.1. The molecular weight excluding hydrogens is 376 g/mol. The maximum absolute atomic E-state index is 12.5. The van der Waals surface area contributed by atoms with E-state index in [4.69, 9.17) is 14.2 Å². The number of benzene rings is 2. The highest BCUT2D eigenvalue weighted by Gasteiger charge is 2.20. The van der Waals surface area contributed by atoms with Crippen molar-refractivity contribution in [3.63, 3.8) is 0 Å². The first-order chi connectivity index (χ1) is 13.5. The Morgan fingerprint density at radius 2 is 1.79 bits per heavy atom. The molecule has 5 nitrogen and oxygen atoms in total. The molecule has 1 unspecified atom stereocenters. The second-order valence-corrected chi connectivity index (χ2v) is 7.56. The van der Waals surface area contributed by atoms with Gasteiger partial charge in [0, 0.05) is 17.2 Å². The number of hydrogen-bond donors (Lipinski definition) is 0. The Balaban J connectivity index is 1.81. The molecule has 0 saturated heterocycles. The lowest BCUT2D eigenvalue weighted by Crippen LogP contribution is -2.16. The van der Waals surface area contributed by atoms with Crippen molar-refractivity contribution in [1.82, 2.24) is 0 Å². The standard InChI is InChI=1S/C22H22O5S/c1-14(22(24)26-3)9-17(23)21-11-16-10-18(25-2)19(12-20(16)28-21)27-13-15-7-5-4-6-8-15/h4-8,10-12,14H,9,13H2,1-3H3. The predicted octanol–water partition coefficient (Wildman–Crippen LogP) is 4.87. The molecule has 1 atom stereocenters. The van der Waals surface area contributed by atoms with Crippen LogP contribution in [0.15, 0.2) is 48.5 Å². The van der Waals surface area contributed by atoms with Crippen LogP contribution < -0.4 is 9.47 Å². The monoisotopic (exact) mass is 398 g/mol. The highest BCUT2D eigenvalue weighted by Crippen LogP contribution is 2.37. The molecule has 2 aromatic carbocycles. The number of methoxy groups -OCH3 is 2. The number of ketones is 1. The summed E-state index contributed by atoms with van der Waals surface area (Å²) < 4.78 is 17.0. The summed E-state index contributed by atoms with van der Waals surface area (Å²) in [6, 6.07) is 15.5. The van der Waals surface area contributed by atoms with E-state index in [2.05, 4.69) is 0 Å². The number of carbonyl (C=O) groups excluding carboxylic acids is 2. The van der Waals surface area contributed by atoms with Gasteiger partial charge in [-0.2, -0.15) is 0 Å². The van der Waals surface area contributed by atoms with Gasteiger partial charge >= 0.3 is 5.97 Å². The number of rotatable bonds is 8. The van der Waals surface area contributed by atoms with Crippen LogP contribution in [-0.2, 0) is 16.1 Å². The molecule has 0 bridgehead atoms. The second kappa shape index (κ2) is 8.89. The fourth-order valence-electron chi connectivity index (χ4n) is 2.86. The maximum Gasteiger partial charge on any atom is 0.308 e. The zero-order chi connectivity index (χ0) is 20.1. The Morgan fingerprint density at radius 1 is 1.04 bits per heavy atom. The Kier molecular flexibility index (Phi) is 6.31. The number of fused-ring (bicyclic) bond motifs is 1. The van der Waals surface area contributed by atoms with Gasteiger partial charge < -0.3 is 14.2 Å². The van der Waals surface area contributed by atoms with Gasteiger partial charge in [0.1, 0.15) is 6.61 Å². The molecule has 0 amide bonds. The summed E-state index contributed by atoms with van der Waals surface area (Å²) >= 11 is 1.38. The molecule has 1 aromatic heterocycles. The van der Waals surface area contributed by atoms with Crippen molar-refractivity contribution in [3.05, 3.63) is 59.0 Å². The Bertz CT molecular complexity index is 977. The highest BCUT2D eigenvalue weighted by molar-refractivity contribution is 7.20. The lowest BCUT2D eigenvalue weighted by molar-refractivity contribution is -0.144. The SMILES string of the molecule is COC(=O)C(C)CC(=O)c1cc2cc(OC)c(OCc3ccccc3)cc2s1. The first-order valence-corrected chi connectivity index (χ1v) is 9.72. The van der Waals surface area contributed by atoms with Gasteiger partial charge in [0.25, 0.3) is 0 Å². The summed E-state index contributed by atoms with van der Waals surface area (Å²) in [5, 5.41) is 0.906. The fourth-order valence-corrected chi connectivity index (χ4v) is 3.88. The molecule has 28 heavy (non-hydrogen) atoms. The van der Waals surface area contributed by atoms with Crippen molar-refractivity contribution in [2.75, 3.05) is 14.2 Å². The van der Waals surface area contributed by atoms with Gasteiger partial charge in [-0.15, -0.1) is 11.3 Å². The predicted molar refractivity (Wildman–Crippen MR) is 109 cm³/mol. The van der Waals surface area contributed by atoms with E-state index in [1.807, 2.05) is 48.5 Å². The first kappa shape index (κ1) is 19.9. The van der Waals surface area contributed by atoms with Crippen molar-refractivity contribution in [2.24, 2.45) is 5.92 Å². The lowest BCUT2D eigenvalue weighted by atomic mass is 10.0. The van der Waals surface area contributed by atoms with Crippen LogP contribution in [0.25, 0.3) is 10.1 Å². The van der Waals surface area contributed by atoms with Crippen LogP contribution in [-0.4, -0.2) is 26.0 Å². The van der Waals surface area contributed by atoms with E-state index < -0.39 is 5.92 Å². The Hall–Kier alpha value is -2.86. The number of hydrogen-bond acceptors (Lipinski definition) is 6. The van der Waals surface area contributed by atoms with Crippen LogP contribution in [0.2, 0.25) is 0 Å². The van der Waals surface area contributed by atoms with Crippen LogP contribution in [0.4, 0.5) is 0 Å². The quantitative estimate of drug-likeness (QED) is 0.400. The van der Waals surface area contributed by atoms with Crippen LogP contribution in [0, 0.1) is 5.92 Å². The van der Waals surface area contributed by atoms with Gasteiger partial charge in [-0.3, -0.25) is 9.59 Å². The van der Waals surface area contributed by atoms with E-state index in [0.717, 1.165) is 15.6 Å². The Labute approximate surface area is 167 Å². The van der Waals surface area contributed by atoms with Gasteiger partial charge in [0.05, 0.1) is 25.0 Å². The van der Waals surface area contributed by atoms with Gasteiger partial charge in [-0.25, -0.2) is 0 Å². The van der Waals surface area contributed by atoms with Gasteiger partial charge in [0.15, 0.2) is 17.3 Å². The van der Waals surface area contributed by atoms with E-state index >= 15 is 0 Å². The van der Waals surface area contributed by atoms with Gasteiger partial charge in [-0.1, -0.05) is 37.3 Å². The van der Waals surface area contributed by atoms with Crippen LogP contribution in [0.3, 0.4) is 0 Å². The summed E-state index contributed by atoms with van der Waals surface area (Å²) in [6.45, 7) is 2.12. The minimum absolute atomic E-state index is 0.0789. The van der Waals surface area contributed by atoms with Crippen molar-refractivity contribution in [1.29, 1.82) is 0 Å². The third-order valence-electron chi connectivity index (χ3n) is 4.41. The molecular formula is C22H22O5S. The summed E-state index contributed by atoms with van der Waals surface area (Å²) in [6.07, 6.45) is 0.119. The summed E-state index contributed by atoms with van der Waals surface area (Å²) in [7, 11) is 2.92. The van der Waals surface area contributed by atoms with Gasteiger partial charge in [-0.05, 0) is 23.1 Å². The van der Waals surface area contributed by atoms with Crippen molar-refractivity contribution in [2.45, 2.75) is 20.0 Å². The van der Waals surface area contributed by atoms with Crippen molar-refractivity contribution < 1.29 is 23.8 Å².